The van der Waals surface area contributed by atoms with Crippen LogP contribution in [-0.2, 0) is 9.53 Å². The van der Waals surface area contributed by atoms with Crippen LogP contribution in [0, 0.1) is 21.4 Å². The van der Waals surface area contributed by atoms with Gasteiger partial charge in [0.25, 0.3) is 5.69 Å². The second kappa shape index (κ2) is 6.16. The number of nitro benzene ring substituents is 1. The van der Waals surface area contributed by atoms with Gasteiger partial charge < -0.3 is 10.5 Å². The molecule has 0 bridgehead atoms. The number of benzene rings is 1. The zero-order valence-corrected chi connectivity index (χ0v) is 10.1. The van der Waals surface area contributed by atoms with Gasteiger partial charge in [0.1, 0.15) is 6.07 Å². The third-order valence-electron chi connectivity index (χ3n) is 2.25. The summed E-state index contributed by atoms with van der Waals surface area (Å²) in [5.41, 5.74) is 5.53. The largest absolute Gasteiger partial charge is 0.462 e. The lowest BCUT2D eigenvalue weighted by molar-refractivity contribution is -0.384. The number of ether oxygens (including phenoxy) is 1. The molecule has 1 rings (SSSR count). The summed E-state index contributed by atoms with van der Waals surface area (Å²) in [5, 5.41) is 19.4. The molecule has 0 saturated carbocycles. The van der Waals surface area contributed by atoms with Crippen LogP contribution in [0.3, 0.4) is 0 Å². The minimum atomic E-state index is -0.819. The molecule has 19 heavy (non-hydrogen) atoms. The van der Waals surface area contributed by atoms with E-state index in [-0.39, 0.29) is 23.6 Å². The molecule has 0 amide bonds. The topological polar surface area (TPSA) is 119 Å². The van der Waals surface area contributed by atoms with Crippen LogP contribution < -0.4 is 5.73 Å². The smallest absolute Gasteiger partial charge is 0.351 e. The first-order valence-electron chi connectivity index (χ1n) is 5.33. The molecule has 98 valence electrons. The van der Waals surface area contributed by atoms with E-state index in [2.05, 4.69) is 0 Å². The van der Waals surface area contributed by atoms with Crippen molar-refractivity contribution < 1.29 is 14.5 Å². The van der Waals surface area contributed by atoms with Crippen molar-refractivity contribution >= 4 is 17.4 Å². The van der Waals surface area contributed by atoms with Gasteiger partial charge in [-0.3, -0.25) is 10.1 Å². The van der Waals surface area contributed by atoms with Gasteiger partial charge in [0, 0.05) is 12.1 Å². The Morgan fingerprint density at radius 1 is 1.47 bits per heavy atom. The molecular weight excluding hydrogens is 250 g/mol. The number of non-ortho nitro benzene ring substituents is 1. The monoisotopic (exact) mass is 261 g/mol. The summed E-state index contributed by atoms with van der Waals surface area (Å²) >= 11 is 0. The highest BCUT2D eigenvalue weighted by Gasteiger charge is 2.16. The predicted molar refractivity (Wildman–Crippen MR) is 66.4 cm³/mol. The van der Waals surface area contributed by atoms with Crippen molar-refractivity contribution in [3.05, 3.63) is 45.5 Å². The number of hydrogen-bond acceptors (Lipinski definition) is 6. The molecule has 0 saturated heterocycles. The number of carbonyl (C=O) groups is 1. The van der Waals surface area contributed by atoms with E-state index in [0.717, 1.165) is 0 Å². The molecule has 0 aromatic heterocycles. The molecule has 0 aliphatic carbocycles. The number of nitro groups is 1. The van der Waals surface area contributed by atoms with Crippen molar-refractivity contribution in [2.75, 3.05) is 6.61 Å². The third kappa shape index (κ3) is 3.29. The van der Waals surface area contributed by atoms with Crippen molar-refractivity contribution in [1.82, 2.24) is 0 Å². The minimum Gasteiger partial charge on any atom is -0.462 e. The van der Waals surface area contributed by atoms with Crippen LogP contribution in [0.15, 0.2) is 29.8 Å². The number of hydrogen-bond donors (Lipinski definition) is 1. The molecule has 0 aliphatic rings. The van der Waals surface area contributed by atoms with Gasteiger partial charge in [-0.15, -0.1) is 0 Å². The van der Waals surface area contributed by atoms with E-state index >= 15 is 0 Å². The average molecular weight is 261 g/mol. The summed E-state index contributed by atoms with van der Waals surface area (Å²) in [6, 6.07) is 6.88. The van der Waals surface area contributed by atoms with Gasteiger partial charge in [0.2, 0.25) is 0 Å². The summed E-state index contributed by atoms with van der Waals surface area (Å²) in [4.78, 5) is 21.4. The van der Waals surface area contributed by atoms with E-state index in [9.17, 15) is 14.9 Å². The van der Waals surface area contributed by atoms with Crippen LogP contribution in [0.5, 0.6) is 0 Å². The molecule has 0 aliphatic heterocycles. The van der Waals surface area contributed by atoms with E-state index in [1.807, 2.05) is 0 Å². The highest BCUT2D eigenvalue weighted by Crippen LogP contribution is 2.18. The SMILES string of the molecule is CCOC(=O)/C(C#N)=C(\N)c1ccc([N+](=O)[O-])cc1. The molecule has 0 atom stereocenters. The summed E-state index contributed by atoms with van der Waals surface area (Å²) < 4.78 is 4.69. The molecule has 0 radical (unpaired) electrons. The molecule has 7 heteroatoms. The second-order valence-corrected chi connectivity index (χ2v) is 3.42. The van der Waals surface area contributed by atoms with Gasteiger partial charge in [0.05, 0.1) is 17.2 Å². The Balaban J connectivity index is 3.16. The minimum absolute atomic E-state index is 0.0733. The summed E-state index contributed by atoms with van der Waals surface area (Å²) in [5.74, 6) is -0.819. The van der Waals surface area contributed by atoms with E-state index in [1.54, 1.807) is 13.0 Å². The van der Waals surface area contributed by atoms with Gasteiger partial charge in [-0.05, 0) is 24.6 Å². The summed E-state index contributed by atoms with van der Waals surface area (Å²) in [7, 11) is 0. The zero-order chi connectivity index (χ0) is 14.4. The second-order valence-electron chi connectivity index (χ2n) is 3.42. The third-order valence-corrected chi connectivity index (χ3v) is 2.25. The number of nitrogens with two attached hydrogens (primary N) is 1. The van der Waals surface area contributed by atoms with Gasteiger partial charge in [-0.25, -0.2) is 4.79 Å². The molecule has 0 heterocycles. The van der Waals surface area contributed by atoms with Crippen molar-refractivity contribution in [2.45, 2.75) is 6.92 Å². The number of esters is 1. The number of carbonyl (C=O) groups excluding carboxylic acids is 1. The average Bonchev–Trinajstić information content (AvgIpc) is 2.39. The Morgan fingerprint density at radius 3 is 2.47 bits per heavy atom. The fourth-order valence-electron chi connectivity index (χ4n) is 1.33. The quantitative estimate of drug-likeness (QED) is 0.287. The van der Waals surface area contributed by atoms with Crippen molar-refractivity contribution in [3.8, 4) is 6.07 Å². The molecule has 2 N–H and O–H groups in total. The van der Waals surface area contributed by atoms with E-state index in [0.29, 0.717) is 5.56 Å². The normalized spacial score (nSPS) is 11.2. The van der Waals surface area contributed by atoms with Crippen LogP contribution in [0.25, 0.3) is 5.70 Å². The lowest BCUT2D eigenvalue weighted by Crippen LogP contribution is -2.12. The Kier molecular flexibility index (Phi) is 4.60. The Labute approximate surface area is 109 Å². The van der Waals surface area contributed by atoms with Gasteiger partial charge in [0.15, 0.2) is 5.57 Å². The first-order chi connectivity index (χ1) is 9.01. The lowest BCUT2D eigenvalue weighted by atomic mass is 10.1. The molecule has 0 fully saturated rings. The summed E-state index contributed by atoms with van der Waals surface area (Å²) in [6.07, 6.45) is 0. The van der Waals surface area contributed by atoms with Crippen LogP contribution in [-0.4, -0.2) is 17.5 Å². The first-order valence-corrected chi connectivity index (χ1v) is 5.33. The maximum absolute atomic E-state index is 11.5. The lowest BCUT2D eigenvalue weighted by Gasteiger charge is -2.05. The molecule has 7 nitrogen and oxygen atoms in total. The molecule has 1 aromatic carbocycles. The van der Waals surface area contributed by atoms with Crippen LogP contribution in [0.4, 0.5) is 5.69 Å². The van der Waals surface area contributed by atoms with E-state index in [1.165, 1.54) is 24.3 Å². The predicted octanol–water partition coefficient (Wildman–Crippen LogP) is 1.35. The Bertz CT molecular complexity index is 570. The molecule has 0 spiro atoms. The van der Waals surface area contributed by atoms with Gasteiger partial charge in [-0.1, -0.05) is 0 Å². The number of rotatable bonds is 4. The van der Waals surface area contributed by atoms with Crippen molar-refractivity contribution in [2.24, 2.45) is 5.73 Å². The van der Waals surface area contributed by atoms with Crippen LogP contribution in [0.2, 0.25) is 0 Å². The van der Waals surface area contributed by atoms with Crippen LogP contribution in [0.1, 0.15) is 12.5 Å². The van der Waals surface area contributed by atoms with E-state index in [4.69, 9.17) is 15.7 Å². The highest BCUT2D eigenvalue weighted by molar-refractivity contribution is 6.01. The fraction of sp³-hybridized carbons (Fsp3) is 0.167. The van der Waals surface area contributed by atoms with E-state index < -0.39 is 10.9 Å². The van der Waals surface area contributed by atoms with Gasteiger partial charge in [-0.2, -0.15) is 5.26 Å². The highest BCUT2D eigenvalue weighted by atomic mass is 16.6. The number of nitrogens with zero attached hydrogens (tertiary/aromatic N) is 2. The maximum atomic E-state index is 11.5. The Hall–Kier alpha value is -2.88. The zero-order valence-electron chi connectivity index (χ0n) is 10.1. The number of nitriles is 1. The summed E-state index contributed by atoms with van der Waals surface area (Å²) in [6.45, 7) is 1.73. The van der Waals surface area contributed by atoms with Crippen LogP contribution >= 0.6 is 0 Å². The fourth-order valence-corrected chi connectivity index (χ4v) is 1.33. The molecule has 0 unspecified atom stereocenters. The molecular formula is C12H11N3O4. The maximum Gasteiger partial charge on any atom is 0.351 e. The standard InChI is InChI=1S/C12H11N3O4/c1-2-19-12(16)10(7-13)11(14)8-3-5-9(6-4-8)15(17)18/h3-6H,2,14H2,1H3/b11-10-. The van der Waals surface area contributed by atoms with Crippen molar-refractivity contribution in [1.29, 1.82) is 5.26 Å². The van der Waals surface area contributed by atoms with Gasteiger partial charge >= 0.3 is 5.97 Å². The Morgan fingerprint density at radius 2 is 2.05 bits per heavy atom. The first kappa shape index (κ1) is 14.2. The van der Waals surface area contributed by atoms with Crippen molar-refractivity contribution in [3.63, 3.8) is 0 Å². The molecule has 1 aromatic rings.